The third-order valence-corrected chi connectivity index (χ3v) is 7.53. The average molecular weight is 489 g/mol. The van der Waals surface area contributed by atoms with Crippen molar-refractivity contribution in [1.29, 1.82) is 0 Å². The lowest BCUT2D eigenvalue weighted by molar-refractivity contribution is -0.149. The second-order valence-electron chi connectivity index (χ2n) is 9.37. The molecule has 2 bridgehead atoms. The van der Waals surface area contributed by atoms with Gasteiger partial charge < -0.3 is 9.64 Å². The Hall–Kier alpha value is -2.58. The number of hydrogen-bond donors (Lipinski definition) is 1. The van der Waals surface area contributed by atoms with Gasteiger partial charge in [-0.15, -0.1) is 12.4 Å². The number of rotatable bonds is 7. The Kier molecular flexibility index (Phi) is 7.48. The van der Waals surface area contributed by atoms with E-state index in [4.69, 9.17) is 4.74 Å². The predicted octanol–water partition coefficient (Wildman–Crippen LogP) is 2.25. The zero-order chi connectivity index (χ0) is 22.9. The zero-order valence-electron chi connectivity index (χ0n) is 19.5. The summed E-state index contributed by atoms with van der Waals surface area (Å²) in [4.78, 5) is 42.9. The largest absolute Gasteiger partial charge is 0.492 e. The van der Waals surface area contributed by atoms with Crippen LogP contribution in [0, 0.1) is 23.7 Å². The van der Waals surface area contributed by atoms with E-state index < -0.39 is 0 Å². The first-order valence-electron chi connectivity index (χ1n) is 12.1. The van der Waals surface area contributed by atoms with Gasteiger partial charge in [-0.1, -0.05) is 24.3 Å². The Bertz CT molecular complexity index is 930. The van der Waals surface area contributed by atoms with Crippen LogP contribution in [-0.2, 0) is 14.4 Å². The number of anilines is 1. The number of ether oxygens (including phenoxy) is 1. The highest BCUT2D eigenvalue weighted by atomic mass is 35.5. The number of hydrazine groups is 1. The molecule has 4 unspecified atom stereocenters. The van der Waals surface area contributed by atoms with Gasteiger partial charge in [0.2, 0.25) is 5.91 Å². The summed E-state index contributed by atoms with van der Waals surface area (Å²) in [5.41, 5.74) is 3.72. The quantitative estimate of drug-likeness (QED) is 0.468. The number of benzene rings is 1. The minimum Gasteiger partial charge on any atom is -0.492 e. The van der Waals surface area contributed by atoms with Crippen molar-refractivity contribution in [2.75, 3.05) is 44.2 Å². The van der Waals surface area contributed by atoms with Crippen molar-refractivity contribution in [2.45, 2.75) is 26.2 Å². The standard InChI is InChI=1S/C25H32N4O4.ClH/c1-2-33-20-6-4-3-5-19(20)28-15-13-27(14-16-28)12-11-21(30)26-29-24(31)22-17-7-8-18(10-9-17)23(22)25(29)32;/h3-8,17-18,22-23H,2,9-16H2,1H3,(H,26,30);1H. The maximum Gasteiger partial charge on any atom is 0.252 e. The van der Waals surface area contributed by atoms with Gasteiger partial charge in [0.1, 0.15) is 5.75 Å². The summed E-state index contributed by atoms with van der Waals surface area (Å²) >= 11 is 0. The number of halogens is 1. The molecule has 0 aromatic heterocycles. The number of fused-ring (bicyclic) bond motifs is 1. The fraction of sp³-hybridized carbons (Fsp3) is 0.560. The number of amides is 3. The summed E-state index contributed by atoms with van der Waals surface area (Å²) in [5, 5.41) is 1.01. The second kappa shape index (κ2) is 10.4. The topological polar surface area (TPSA) is 82.2 Å². The number of para-hydroxylation sites is 2. The van der Waals surface area contributed by atoms with E-state index in [2.05, 4.69) is 33.4 Å². The van der Waals surface area contributed by atoms with Gasteiger partial charge >= 0.3 is 0 Å². The Labute approximate surface area is 206 Å². The normalized spacial score (nSPS) is 28.0. The van der Waals surface area contributed by atoms with Gasteiger partial charge in [-0.3, -0.25) is 24.7 Å². The first-order chi connectivity index (χ1) is 16.1. The molecule has 3 amide bonds. The fourth-order valence-corrected chi connectivity index (χ4v) is 5.83. The van der Waals surface area contributed by atoms with E-state index in [0.29, 0.717) is 13.2 Å². The Morgan fingerprint density at radius 1 is 1.00 bits per heavy atom. The van der Waals surface area contributed by atoms with Gasteiger partial charge in [0.05, 0.1) is 24.1 Å². The third-order valence-electron chi connectivity index (χ3n) is 7.53. The third kappa shape index (κ3) is 4.53. The molecule has 2 aliphatic heterocycles. The van der Waals surface area contributed by atoms with Crippen molar-refractivity contribution in [3.63, 3.8) is 0 Å². The van der Waals surface area contributed by atoms with Crippen molar-refractivity contribution >= 4 is 35.8 Å². The second-order valence-corrected chi connectivity index (χ2v) is 9.37. The Balaban J connectivity index is 0.00000274. The Morgan fingerprint density at radius 3 is 2.21 bits per heavy atom. The molecule has 1 aromatic rings. The number of imide groups is 1. The van der Waals surface area contributed by atoms with Crippen molar-refractivity contribution in [3.05, 3.63) is 36.4 Å². The maximum absolute atomic E-state index is 12.9. The molecule has 1 saturated carbocycles. The zero-order valence-corrected chi connectivity index (χ0v) is 20.3. The highest BCUT2D eigenvalue weighted by Crippen LogP contribution is 2.49. The Morgan fingerprint density at radius 2 is 1.62 bits per heavy atom. The summed E-state index contributed by atoms with van der Waals surface area (Å²) < 4.78 is 5.76. The summed E-state index contributed by atoms with van der Waals surface area (Å²) in [6.07, 6.45) is 6.32. The van der Waals surface area contributed by atoms with Gasteiger partial charge in [0.15, 0.2) is 0 Å². The van der Waals surface area contributed by atoms with Gasteiger partial charge in [0, 0.05) is 39.1 Å². The van der Waals surface area contributed by atoms with Crippen LogP contribution >= 0.6 is 12.4 Å². The molecule has 3 fully saturated rings. The summed E-state index contributed by atoms with van der Waals surface area (Å²) in [5.74, 6) is -0.192. The number of allylic oxidation sites excluding steroid dienone is 2. The number of nitrogens with one attached hydrogen (secondary N) is 1. The molecular weight excluding hydrogens is 456 g/mol. The molecule has 2 saturated heterocycles. The van der Waals surface area contributed by atoms with Crippen LogP contribution in [-0.4, -0.2) is 67.0 Å². The number of hydrogen-bond acceptors (Lipinski definition) is 6. The first-order valence-corrected chi connectivity index (χ1v) is 12.1. The number of piperazine rings is 1. The minimum absolute atomic E-state index is 0. The molecule has 0 radical (unpaired) electrons. The van der Waals surface area contributed by atoms with Crippen LogP contribution in [0.4, 0.5) is 5.69 Å². The molecule has 0 spiro atoms. The monoisotopic (exact) mass is 488 g/mol. The minimum atomic E-state index is -0.297. The predicted molar refractivity (Wildman–Crippen MR) is 130 cm³/mol. The molecule has 2 heterocycles. The molecule has 8 nitrogen and oxygen atoms in total. The molecule has 34 heavy (non-hydrogen) atoms. The molecule has 6 rings (SSSR count). The summed E-state index contributed by atoms with van der Waals surface area (Å²) in [7, 11) is 0. The van der Waals surface area contributed by atoms with Crippen LogP contribution < -0.4 is 15.1 Å². The lowest BCUT2D eigenvalue weighted by Gasteiger charge is -2.37. The molecule has 1 aromatic carbocycles. The fourth-order valence-electron chi connectivity index (χ4n) is 5.83. The SMILES string of the molecule is CCOc1ccccc1N1CCN(CCC(=O)NN2C(=O)C3C4C=CC(CC4)C3C2=O)CC1.Cl. The van der Waals surface area contributed by atoms with E-state index in [0.717, 1.165) is 55.5 Å². The number of carbonyl (C=O) groups is 3. The van der Waals surface area contributed by atoms with E-state index in [1.807, 2.05) is 25.1 Å². The highest BCUT2D eigenvalue weighted by molar-refractivity contribution is 6.07. The number of nitrogens with zero attached hydrogens (tertiary/aromatic N) is 3. The smallest absolute Gasteiger partial charge is 0.252 e. The van der Waals surface area contributed by atoms with Crippen LogP contribution in [0.2, 0.25) is 0 Å². The van der Waals surface area contributed by atoms with E-state index in [-0.39, 0.29) is 60.2 Å². The highest BCUT2D eigenvalue weighted by Gasteiger charge is 2.57. The number of carbonyl (C=O) groups excluding carboxylic acids is 3. The van der Waals surface area contributed by atoms with Gasteiger partial charge in [-0.25, -0.2) is 0 Å². The molecule has 3 aliphatic carbocycles. The lowest BCUT2D eigenvalue weighted by Crippen LogP contribution is -2.49. The van der Waals surface area contributed by atoms with E-state index in [1.165, 1.54) is 0 Å². The van der Waals surface area contributed by atoms with E-state index >= 15 is 0 Å². The lowest BCUT2D eigenvalue weighted by atomic mass is 9.63. The summed E-state index contributed by atoms with van der Waals surface area (Å²) in [6, 6.07) is 8.08. The molecule has 9 heteroatoms. The van der Waals surface area contributed by atoms with Crippen molar-refractivity contribution in [1.82, 2.24) is 15.3 Å². The van der Waals surface area contributed by atoms with E-state index in [9.17, 15) is 14.4 Å². The van der Waals surface area contributed by atoms with Gasteiger partial charge in [0.25, 0.3) is 11.8 Å². The molecule has 4 atom stereocenters. The molecular formula is C25H33ClN4O4. The van der Waals surface area contributed by atoms with Crippen molar-refractivity contribution < 1.29 is 19.1 Å². The van der Waals surface area contributed by atoms with Crippen LogP contribution in [0.15, 0.2) is 36.4 Å². The molecule has 184 valence electrons. The van der Waals surface area contributed by atoms with Crippen molar-refractivity contribution in [3.8, 4) is 5.75 Å². The first kappa shape index (κ1) is 24.5. The molecule has 1 N–H and O–H groups in total. The van der Waals surface area contributed by atoms with Crippen LogP contribution in [0.3, 0.4) is 0 Å². The van der Waals surface area contributed by atoms with Crippen LogP contribution in [0.1, 0.15) is 26.2 Å². The summed E-state index contributed by atoms with van der Waals surface area (Å²) in [6.45, 7) is 6.61. The van der Waals surface area contributed by atoms with Crippen LogP contribution in [0.5, 0.6) is 5.75 Å². The van der Waals surface area contributed by atoms with Gasteiger partial charge in [-0.2, -0.15) is 5.01 Å². The average Bonchev–Trinajstić information content (AvgIpc) is 3.11. The maximum atomic E-state index is 12.9. The van der Waals surface area contributed by atoms with Crippen molar-refractivity contribution in [2.24, 2.45) is 23.7 Å². The van der Waals surface area contributed by atoms with Crippen LogP contribution in [0.25, 0.3) is 0 Å². The molecule has 5 aliphatic rings. The van der Waals surface area contributed by atoms with E-state index in [1.54, 1.807) is 0 Å². The van der Waals surface area contributed by atoms with Gasteiger partial charge in [-0.05, 0) is 43.7 Å².